The zero-order valence-corrected chi connectivity index (χ0v) is 19.5. The smallest absolute Gasteiger partial charge is 0.343 e. The Morgan fingerprint density at radius 1 is 1.00 bits per heavy atom. The monoisotopic (exact) mass is 436 g/mol. The van der Waals surface area contributed by atoms with Crippen LogP contribution in [-0.2, 0) is 6.42 Å². The van der Waals surface area contributed by atoms with Crippen LogP contribution in [0, 0.1) is 28.5 Å². The molecular weight excluding hydrogens is 403 g/mol. The van der Waals surface area contributed by atoms with Gasteiger partial charge in [-0.1, -0.05) is 27.2 Å². The van der Waals surface area contributed by atoms with Gasteiger partial charge in [0.15, 0.2) is 0 Å². The Hall–Kier alpha value is -2.36. The van der Waals surface area contributed by atoms with Gasteiger partial charge in [0.2, 0.25) is 0 Å². The van der Waals surface area contributed by atoms with Crippen LogP contribution in [0.5, 0.6) is 11.5 Å². The van der Waals surface area contributed by atoms with Crippen LogP contribution in [0.25, 0.3) is 0 Å². The second-order valence-corrected chi connectivity index (χ2v) is 11.3. The zero-order valence-electron chi connectivity index (χ0n) is 19.5. The fourth-order valence-electron chi connectivity index (χ4n) is 7.28. The average Bonchev–Trinajstić information content (AvgIpc) is 2.72. The fraction of sp³-hybridized carbons (Fsp3) is 0.536. The minimum absolute atomic E-state index is 0.155. The van der Waals surface area contributed by atoms with E-state index >= 15 is 0 Å². The summed E-state index contributed by atoms with van der Waals surface area (Å²) in [4.78, 5) is 12.5. The Bertz CT molecular complexity index is 1040. The summed E-state index contributed by atoms with van der Waals surface area (Å²) in [6.07, 6.45) is 7.07. The van der Waals surface area contributed by atoms with E-state index < -0.39 is 5.97 Å². The Morgan fingerprint density at radius 3 is 2.50 bits per heavy atom. The lowest BCUT2D eigenvalue weighted by molar-refractivity contribution is -0.162. The van der Waals surface area contributed by atoms with Gasteiger partial charge in [-0.05, 0) is 104 Å². The molecule has 5 rings (SSSR count). The molecule has 1 aliphatic heterocycles. The lowest BCUT2D eigenvalue weighted by Crippen LogP contribution is -2.61. The molecular formula is C28H33FO3. The number of carbonyl (C=O) groups excluding carboxylic acids is 1. The van der Waals surface area contributed by atoms with E-state index in [1.54, 1.807) is 6.07 Å². The quantitative estimate of drug-likeness (QED) is 0.376. The van der Waals surface area contributed by atoms with E-state index in [-0.39, 0.29) is 16.8 Å². The van der Waals surface area contributed by atoms with E-state index in [4.69, 9.17) is 9.47 Å². The average molecular weight is 437 g/mol. The molecule has 0 saturated heterocycles. The van der Waals surface area contributed by atoms with Crippen molar-refractivity contribution >= 4 is 5.97 Å². The molecule has 0 N–H and O–H groups in total. The van der Waals surface area contributed by atoms with Crippen molar-refractivity contribution in [2.24, 2.45) is 22.7 Å². The van der Waals surface area contributed by atoms with Crippen LogP contribution < -0.4 is 9.47 Å². The van der Waals surface area contributed by atoms with Crippen LogP contribution in [0.4, 0.5) is 4.39 Å². The van der Waals surface area contributed by atoms with Crippen molar-refractivity contribution in [3.63, 3.8) is 0 Å². The number of benzene rings is 2. The van der Waals surface area contributed by atoms with Crippen molar-refractivity contribution in [2.75, 3.05) is 0 Å². The molecule has 3 nitrogen and oxygen atoms in total. The summed E-state index contributed by atoms with van der Waals surface area (Å²) in [5.74, 6) is 1.69. The molecule has 0 amide bonds. The van der Waals surface area contributed by atoms with Crippen LogP contribution in [-0.4, -0.2) is 11.6 Å². The molecule has 4 atom stereocenters. The van der Waals surface area contributed by atoms with Crippen molar-refractivity contribution in [3.05, 3.63) is 59.4 Å². The molecule has 0 bridgehead atoms. The minimum atomic E-state index is -0.481. The Morgan fingerprint density at radius 2 is 1.75 bits per heavy atom. The van der Waals surface area contributed by atoms with Crippen LogP contribution in [0.15, 0.2) is 42.5 Å². The van der Waals surface area contributed by atoms with E-state index in [9.17, 15) is 9.18 Å². The molecule has 0 spiro atoms. The molecule has 2 aromatic rings. The number of esters is 1. The summed E-state index contributed by atoms with van der Waals surface area (Å²) in [5.41, 5.74) is 1.90. The normalized spacial score (nSPS) is 32.7. The number of hydrogen-bond donors (Lipinski definition) is 0. The molecule has 2 aliphatic carbocycles. The Balaban J connectivity index is 1.42. The lowest BCUT2D eigenvalue weighted by atomic mass is 9.44. The molecule has 0 radical (unpaired) electrons. The number of halogens is 1. The van der Waals surface area contributed by atoms with Gasteiger partial charge in [0.05, 0.1) is 5.56 Å². The van der Waals surface area contributed by atoms with Gasteiger partial charge in [-0.15, -0.1) is 0 Å². The predicted molar refractivity (Wildman–Crippen MR) is 122 cm³/mol. The van der Waals surface area contributed by atoms with E-state index in [1.165, 1.54) is 49.9 Å². The van der Waals surface area contributed by atoms with Gasteiger partial charge >= 0.3 is 5.97 Å². The van der Waals surface area contributed by atoms with Crippen molar-refractivity contribution < 1.29 is 18.7 Å². The number of rotatable bonds is 2. The molecule has 1 heterocycles. The van der Waals surface area contributed by atoms with Gasteiger partial charge in [-0.25, -0.2) is 9.18 Å². The Kier molecular flexibility index (Phi) is 4.92. The number of fused-ring (bicyclic) bond motifs is 4. The maximum absolute atomic E-state index is 13.2. The van der Waals surface area contributed by atoms with Crippen molar-refractivity contribution in [2.45, 2.75) is 71.8 Å². The number of ether oxygens (including phenoxy) is 2. The minimum Gasteiger partial charge on any atom is -0.487 e. The molecule has 170 valence electrons. The van der Waals surface area contributed by atoms with Gasteiger partial charge in [-0.3, -0.25) is 0 Å². The molecule has 2 fully saturated rings. The summed E-state index contributed by atoms with van der Waals surface area (Å²) in [6.45, 7) is 9.68. The topological polar surface area (TPSA) is 35.5 Å². The second kappa shape index (κ2) is 7.33. The number of hydrogen-bond acceptors (Lipinski definition) is 3. The summed E-state index contributed by atoms with van der Waals surface area (Å²) < 4.78 is 25.5. The van der Waals surface area contributed by atoms with E-state index in [1.807, 2.05) is 12.1 Å². The zero-order chi connectivity index (χ0) is 22.7. The highest BCUT2D eigenvalue weighted by Crippen LogP contribution is 2.64. The van der Waals surface area contributed by atoms with Gasteiger partial charge in [-0.2, -0.15) is 0 Å². The summed E-state index contributed by atoms with van der Waals surface area (Å²) in [6, 6.07) is 11.1. The highest BCUT2D eigenvalue weighted by atomic mass is 19.1. The van der Waals surface area contributed by atoms with Gasteiger partial charge in [0, 0.05) is 5.92 Å². The van der Waals surface area contributed by atoms with Crippen LogP contribution in [0.1, 0.15) is 75.7 Å². The predicted octanol–water partition coefficient (Wildman–Crippen LogP) is 6.98. The second-order valence-electron chi connectivity index (χ2n) is 11.3. The highest BCUT2D eigenvalue weighted by molar-refractivity contribution is 5.91. The first-order chi connectivity index (χ1) is 15.1. The van der Waals surface area contributed by atoms with Crippen LogP contribution in [0.3, 0.4) is 0 Å². The first kappa shape index (κ1) is 21.5. The molecule has 2 saturated carbocycles. The lowest BCUT2D eigenvalue weighted by Gasteiger charge is -2.63. The molecule has 4 heteroatoms. The third-order valence-corrected chi connectivity index (χ3v) is 8.83. The van der Waals surface area contributed by atoms with Crippen LogP contribution in [0.2, 0.25) is 0 Å². The molecule has 2 aromatic carbocycles. The van der Waals surface area contributed by atoms with E-state index in [0.29, 0.717) is 28.6 Å². The third-order valence-electron chi connectivity index (χ3n) is 8.83. The molecule has 0 unspecified atom stereocenters. The summed E-state index contributed by atoms with van der Waals surface area (Å²) in [7, 11) is 0. The molecule has 0 aromatic heterocycles. The largest absolute Gasteiger partial charge is 0.487 e. The van der Waals surface area contributed by atoms with Crippen molar-refractivity contribution in [1.29, 1.82) is 0 Å². The third kappa shape index (κ3) is 3.43. The maximum atomic E-state index is 13.2. The van der Waals surface area contributed by atoms with Gasteiger partial charge in [0.1, 0.15) is 22.9 Å². The first-order valence-corrected chi connectivity index (χ1v) is 11.9. The highest BCUT2D eigenvalue weighted by Gasteiger charge is 2.60. The molecule has 32 heavy (non-hydrogen) atoms. The van der Waals surface area contributed by atoms with E-state index in [0.717, 1.165) is 24.2 Å². The van der Waals surface area contributed by atoms with Gasteiger partial charge < -0.3 is 9.47 Å². The summed E-state index contributed by atoms with van der Waals surface area (Å²) >= 11 is 0. The standard InChI is InChI=1S/C28H33FO3/c1-26(2)13-5-14-27(3)23(26)12-15-28(4)24(27)17-19-16-21(10-11-22(19)32-28)31-25(30)18-6-8-20(29)9-7-18/h6-11,16,23-24H,5,12-15,17H2,1-4H3/t23-,24+,27-,28+/m0/s1. The van der Waals surface area contributed by atoms with Crippen molar-refractivity contribution in [1.82, 2.24) is 0 Å². The Labute approximate surface area is 190 Å². The molecule has 3 aliphatic rings. The van der Waals surface area contributed by atoms with Crippen molar-refractivity contribution in [3.8, 4) is 11.5 Å². The van der Waals surface area contributed by atoms with Gasteiger partial charge in [0.25, 0.3) is 0 Å². The fourth-order valence-corrected chi connectivity index (χ4v) is 7.28. The van der Waals surface area contributed by atoms with E-state index in [2.05, 4.69) is 27.7 Å². The SMILES string of the molecule is CC1(C)CCC[C@]2(C)[C@H]3Cc4cc(OC(=O)c5ccc(F)cc5)ccc4O[C@]3(C)CC[C@@H]12. The first-order valence-electron chi connectivity index (χ1n) is 11.9. The summed E-state index contributed by atoms with van der Waals surface area (Å²) in [5, 5.41) is 0. The number of carbonyl (C=O) groups is 1. The maximum Gasteiger partial charge on any atom is 0.343 e. The van der Waals surface area contributed by atoms with Crippen LogP contribution >= 0.6 is 0 Å².